The molecule has 0 spiro atoms. The first-order valence-corrected chi connectivity index (χ1v) is 9.85. The Hall–Kier alpha value is -2.25. The van der Waals surface area contributed by atoms with Crippen LogP contribution in [-0.4, -0.2) is 49.7 Å². The number of nitrogens with zero attached hydrogens (tertiary/aromatic N) is 2. The van der Waals surface area contributed by atoms with Crippen molar-refractivity contribution in [3.8, 4) is 0 Å². The summed E-state index contributed by atoms with van der Waals surface area (Å²) in [6, 6.07) is 10.8. The number of halogens is 1. The van der Waals surface area contributed by atoms with Crippen molar-refractivity contribution in [1.29, 1.82) is 0 Å². The van der Waals surface area contributed by atoms with Crippen LogP contribution in [0.2, 0.25) is 0 Å². The van der Waals surface area contributed by atoms with Crippen molar-refractivity contribution in [1.82, 2.24) is 9.21 Å². The van der Waals surface area contributed by atoms with E-state index < -0.39 is 15.8 Å². The van der Waals surface area contributed by atoms with Crippen LogP contribution < -0.4 is 0 Å². The quantitative estimate of drug-likeness (QED) is 0.827. The number of carbonyl (C=O) groups is 1. The Morgan fingerprint density at radius 2 is 1.69 bits per heavy atom. The fourth-order valence-corrected chi connectivity index (χ4v) is 4.79. The van der Waals surface area contributed by atoms with Crippen molar-refractivity contribution < 1.29 is 17.6 Å². The van der Waals surface area contributed by atoms with Crippen molar-refractivity contribution in [2.24, 2.45) is 0 Å². The number of sulfonamides is 1. The molecular weight excluding hydrogens is 355 g/mol. The lowest BCUT2D eigenvalue weighted by Crippen LogP contribution is -2.50. The molecule has 1 fully saturated rings. The maximum Gasteiger partial charge on any atom is 0.254 e. The van der Waals surface area contributed by atoms with Crippen molar-refractivity contribution in [2.75, 3.05) is 26.2 Å². The molecule has 1 amide bonds. The summed E-state index contributed by atoms with van der Waals surface area (Å²) in [5.41, 5.74) is 1.99. The predicted octanol–water partition coefficient (Wildman–Crippen LogP) is 2.59. The average molecular weight is 376 g/mol. The zero-order chi connectivity index (χ0) is 18.9. The first kappa shape index (κ1) is 18.5. The lowest BCUT2D eigenvalue weighted by Gasteiger charge is -2.34. The van der Waals surface area contributed by atoms with Crippen molar-refractivity contribution >= 4 is 15.9 Å². The van der Waals surface area contributed by atoms with E-state index in [9.17, 15) is 17.6 Å². The average Bonchev–Trinajstić information content (AvgIpc) is 2.61. The molecule has 138 valence electrons. The Kier molecular flexibility index (Phi) is 5.11. The number of hydrogen-bond acceptors (Lipinski definition) is 3. The Balaban J connectivity index is 1.72. The van der Waals surface area contributed by atoms with E-state index in [1.165, 1.54) is 22.5 Å². The van der Waals surface area contributed by atoms with E-state index in [2.05, 4.69) is 0 Å². The van der Waals surface area contributed by atoms with Gasteiger partial charge in [0.1, 0.15) is 5.82 Å². The standard InChI is InChI=1S/C19H21FN2O3S/c1-14-6-7-18(15(2)12-14)26(24,25)22-10-8-21(9-11-22)19(23)16-4-3-5-17(20)13-16/h3-7,12-13H,8-11H2,1-2H3. The van der Waals surface area contributed by atoms with Gasteiger partial charge in [-0.05, 0) is 43.7 Å². The summed E-state index contributed by atoms with van der Waals surface area (Å²) in [5, 5.41) is 0. The minimum atomic E-state index is -3.59. The topological polar surface area (TPSA) is 57.7 Å². The number of hydrogen-bond donors (Lipinski definition) is 0. The van der Waals surface area contributed by atoms with Gasteiger partial charge in [0, 0.05) is 31.7 Å². The molecule has 1 saturated heterocycles. The van der Waals surface area contributed by atoms with Gasteiger partial charge < -0.3 is 4.90 Å². The van der Waals surface area contributed by atoms with Crippen molar-refractivity contribution in [2.45, 2.75) is 18.7 Å². The van der Waals surface area contributed by atoms with Crippen LogP contribution in [-0.2, 0) is 10.0 Å². The summed E-state index contributed by atoms with van der Waals surface area (Å²) in [6.07, 6.45) is 0. The largest absolute Gasteiger partial charge is 0.336 e. The van der Waals surface area contributed by atoms with Gasteiger partial charge in [0.15, 0.2) is 0 Å². The van der Waals surface area contributed by atoms with Crippen LogP contribution in [0.5, 0.6) is 0 Å². The molecule has 0 saturated carbocycles. The highest BCUT2D eigenvalue weighted by atomic mass is 32.2. The Bertz CT molecular complexity index is 936. The molecule has 0 N–H and O–H groups in total. The van der Waals surface area contributed by atoms with Gasteiger partial charge in [-0.3, -0.25) is 4.79 Å². The monoisotopic (exact) mass is 376 g/mol. The molecule has 0 bridgehead atoms. The van der Waals surface area contributed by atoms with Gasteiger partial charge in [-0.15, -0.1) is 0 Å². The second kappa shape index (κ2) is 7.17. The summed E-state index contributed by atoms with van der Waals surface area (Å²) >= 11 is 0. The first-order valence-electron chi connectivity index (χ1n) is 8.41. The summed E-state index contributed by atoms with van der Waals surface area (Å²) < 4.78 is 40.5. The summed E-state index contributed by atoms with van der Waals surface area (Å²) in [4.78, 5) is 14.3. The first-order chi connectivity index (χ1) is 12.3. The molecular formula is C19H21FN2O3S. The van der Waals surface area contributed by atoms with E-state index in [1.807, 2.05) is 13.0 Å². The number of benzene rings is 2. The highest BCUT2D eigenvalue weighted by Crippen LogP contribution is 2.22. The van der Waals surface area contributed by atoms with Crippen molar-refractivity contribution in [3.05, 3.63) is 65.0 Å². The molecule has 1 heterocycles. The SMILES string of the molecule is Cc1ccc(S(=O)(=O)N2CCN(C(=O)c3cccc(F)c3)CC2)c(C)c1. The number of piperazine rings is 1. The minimum absolute atomic E-state index is 0.219. The smallest absolute Gasteiger partial charge is 0.254 e. The molecule has 7 heteroatoms. The van der Waals surface area contributed by atoms with Crippen LogP contribution in [0.4, 0.5) is 4.39 Å². The highest BCUT2D eigenvalue weighted by molar-refractivity contribution is 7.89. The lowest BCUT2D eigenvalue weighted by atomic mass is 10.2. The molecule has 5 nitrogen and oxygen atoms in total. The zero-order valence-corrected chi connectivity index (χ0v) is 15.6. The van der Waals surface area contributed by atoms with Crippen LogP contribution in [0.1, 0.15) is 21.5 Å². The number of aryl methyl sites for hydroxylation is 2. The molecule has 26 heavy (non-hydrogen) atoms. The normalized spacial score (nSPS) is 15.9. The van der Waals surface area contributed by atoms with Crippen molar-refractivity contribution in [3.63, 3.8) is 0 Å². The highest BCUT2D eigenvalue weighted by Gasteiger charge is 2.31. The van der Waals surface area contributed by atoms with Crippen LogP contribution in [0.3, 0.4) is 0 Å². The Morgan fingerprint density at radius 3 is 2.31 bits per heavy atom. The van der Waals surface area contributed by atoms with Crippen LogP contribution in [0, 0.1) is 19.7 Å². The van der Waals surface area contributed by atoms with E-state index in [4.69, 9.17) is 0 Å². The van der Waals surface area contributed by atoms with Gasteiger partial charge in [-0.1, -0.05) is 23.8 Å². The van der Waals surface area contributed by atoms with Gasteiger partial charge >= 0.3 is 0 Å². The summed E-state index contributed by atoms with van der Waals surface area (Å²) in [6.45, 7) is 4.69. The summed E-state index contributed by atoms with van der Waals surface area (Å²) in [5.74, 6) is -0.750. The van der Waals surface area contributed by atoms with E-state index in [0.717, 1.165) is 5.56 Å². The molecule has 0 aliphatic carbocycles. The van der Waals surface area contributed by atoms with Gasteiger partial charge in [0.25, 0.3) is 5.91 Å². The third-order valence-corrected chi connectivity index (χ3v) is 6.60. The Labute approximate surface area is 153 Å². The zero-order valence-electron chi connectivity index (χ0n) is 14.8. The molecule has 0 radical (unpaired) electrons. The van der Waals surface area contributed by atoms with Crippen LogP contribution in [0.25, 0.3) is 0 Å². The molecule has 2 aromatic carbocycles. The fraction of sp³-hybridized carbons (Fsp3) is 0.316. The molecule has 0 aromatic heterocycles. The van der Waals surface area contributed by atoms with E-state index >= 15 is 0 Å². The van der Waals surface area contributed by atoms with Gasteiger partial charge in [-0.2, -0.15) is 4.31 Å². The Morgan fingerprint density at radius 1 is 1.00 bits per heavy atom. The molecule has 3 rings (SSSR count). The van der Waals surface area contributed by atoms with E-state index in [-0.39, 0.29) is 37.6 Å². The number of amides is 1. The third-order valence-electron chi connectivity index (χ3n) is 4.55. The molecule has 0 unspecified atom stereocenters. The van der Waals surface area contributed by atoms with Gasteiger partial charge in [0.2, 0.25) is 10.0 Å². The maximum atomic E-state index is 13.3. The second-order valence-corrected chi connectivity index (χ2v) is 8.38. The predicted molar refractivity (Wildman–Crippen MR) is 97.0 cm³/mol. The lowest BCUT2D eigenvalue weighted by molar-refractivity contribution is 0.0697. The number of rotatable bonds is 3. The molecule has 0 atom stereocenters. The number of carbonyl (C=O) groups excluding carboxylic acids is 1. The second-order valence-electron chi connectivity index (χ2n) is 6.48. The van der Waals surface area contributed by atoms with E-state index in [1.54, 1.807) is 30.0 Å². The molecule has 1 aliphatic heterocycles. The van der Waals surface area contributed by atoms with Crippen LogP contribution in [0.15, 0.2) is 47.4 Å². The summed E-state index contributed by atoms with van der Waals surface area (Å²) in [7, 11) is -3.59. The molecule has 2 aromatic rings. The van der Waals surface area contributed by atoms with E-state index in [0.29, 0.717) is 10.5 Å². The maximum absolute atomic E-state index is 13.3. The van der Waals surface area contributed by atoms with Crippen LogP contribution >= 0.6 is 0 Å². The molecule has 1 aliphatic rings. The fourth-order valence-electron chi connectivity index (χ4n) is 3.16. The minimum Gasteiger partial charge on any atom is -0.336 e. The van der Waals surface area contributed by atoms with Gasteiger partial charge in [-0.25, -0.2) is 12.8 Å². The third kappa shape index (κ3) is 3.64. The van der Waals surface area contributed by atoms with Gasteiger partial charge in [0.05, 0.1) is 4.90 Å².